The molecule has 26 heavy (non-hydrogen) atoms. The monoisotopic (exact) mass is 359 g/mol. The molecule has 3 atom stereocenters. The molecule has 1 aromatic carbocycles. The molecule has 1 aliphatic rings. The second-order valence-electron chi connectivity index (χ2n) is 8.12. The molecule has 1 heterocycles. The summed E-state index contributed by atoms with van der Waals surface area (Å²) >= 11 is 0. The summed E-state index contributed by atoms with van der Waals surface area (Å²) in [6.07, 6.45) is 0. The van der Waals surface area contributed by atoms with Gasteiger partial charge in [-0.25, -0.2) is 0 Å². The zero-order valence-corrected chi connectivity index (χ0v) is 17.6. The first-order valence-corrected chi connectivity index (χ1v) is 9.76. The number of aryl methyl sites for hydroxylation is 1. The number of rotatable bonds is 6. The van der Waals surface area contributed by atoms with E-state index >= 15 is 0 Å². The van der Waals surface area contributed by atoms with Crippen LogP contribution in [0.3, 0.4) is 0 Å². The third-order valence-electron chi connectivity index (χ3n) is 5.46. The Hall–Kier alpha value is -1.59. The number of hydrogen-bond acceptors (Lipinski definition) is 3. The zero-order chi connectivity index (χ0) is 19.3. The van der Waals surface area contributed by atoms with E-state index < -0.39 is 0 Å². The van der Waals surface area contributed by atoms with Crippen LogP contribution in [0.2, 0.25) is 0 Å². The Bertz CT molecular complexity index is 579. The molecule has 146 valence electrons. The van der Waals surface area contributed by atoms with Crippen molar-refractivity contribution < 1.29 is 0 Å². The predicted molar refractivity (Wildman–Crippen MR) is 112 cm³/mol. The molecule has 1 aromatic rings. The maximum Gasteiger partial charge on any atom is 0.191 e. The summed E-state index contributed by atoms with van der Waals surface area (Å²) in [4.78, 5) is 9.24. The molecule has 0 radical (unpaired) electrons. The lowest BCUT2D eigenvalue weighted by Crippen LogP contribution is -2.48. The molecular formula is C21H37N5. The lowest BCUT2D eigenvalue weighted by molar-refractivity contribution is 0.265. The molecule has 5 heteroatoms. The average molecular weight is 360 g/mol. The summed E-state index contributed by atoms with van der Waals surface area (Å²) in [5.41, 5.74) is 2.62. The van der Waals surface area contributed by atoms with Gasteiger partial charge in [-0.3, -0.25) is 9.89 Å². The molecule has 1 fully saturated rings. The van der Waals surface area contributed by atoms with E-state index in [9.17, 15) is 0 Å². The van der Waals surface area contributed by atoms with E-state index in [1.54, 1.807) is 0 Å². The Morgan fingerprint density at radius 3 is 2.38 bits per heavy atom. The molecular weight excluding hydrogens is 322 g/mol. The van der Waals surface area contributed by atoms with Crippen molar-refractivity contribution in [3.63, 3.8) is 0 Å². The number of likely N-dealkylation sites (N-methyl/N-ethyl adjacent to an activating group) is 1. The molecule has 0 aromatic heterocycles. The molecule has 0 aliphatic carbocycles. The number of guanidine groups is 1. The Morgan fingerprint density at radius 2 is 1.88 bits per heavy atom. The van der Waals surface area contributed by atoms with E-state index in [-0.39, 0.29) is 0 Å². The number of aliphatic imine (C=N–C) groups is 1. The van der Waals surface area contributed by atoms with Gasteiger partial charge in [0.2, 0.25) is 0 Å². The smallest absolute Gasteiger partial charge is 0.191 e. The zero-order valence-electron chi connectivity index (χ0n) is 17.6. The fourth-order valence-electron chi connectivity index (χ4n) is 3.56. The van der Waals surface area contributed by atoms with Crippen LogP contribution in [0.1, 0.15) is 37.9 Å². The van der Waals surface area contributed by atoms with Gasteiger partial charge in [-0.1, -0.05) is 36.8 Å². The van der Waals surface area contributed by atoms with Gasteiger partial charge in [-0.2, -0.15) is 0 Å². The van der Waals surface area contributed by atoms with Crippen LogP contribution in [0.5, 0.6) is 0 Å². The van der Waals surface area contributed by atoms with Crippen molar-refractivity contribution in [1.29, 1.82) is 0 Å². The minimum atomic E-state index is 0.308. The third-order valence-corrected chi connectivity index (χ3v) is 5.46. The molecule has 2 N–H and O–H groups in total. The van der Waals surface area contributed by atoms with Gasteiger partial charge in [0.05, 0.1) is 6.04 Å². The molecule has 0 spiro atoms. The number of benzene rings is 1. The number of nitrogens with zero attached hydrogens (tertiary/aromatic N) is 3. The second-order valence-corrected chi connectivity index (χ2v) is 8.12. The predicted octanol–water partition coefficient (Wildman–Crippen LogP) is 2.49. The largest absolute Gasteiger partial charge is 0.354 e. The van der Waals surface area contributed by atoms with Gasteiger partial charge < -0.3 is 15.5 Å². The minimum absolute atomic E-state index is 0.308. The van der Waals surface area contributed by atoms with E-state index in [1.165, 1.54) is 11.1 Å². The van der Waals surface area contributed by atoms with Crippen LogP contribution >= 0.6 is 0 Å². The summed E-state index contributed by atoms with van der Waals surface area (Å²) in [7, 11) is 6.11. The first-order valence-electron chi connectivity index (χ1n) is 9.76. The Kier molecular flexibility index (Phi) is 7.47. The second kappa shape index (κ2) is 9.38. The molecule has 5 nitrogen and oxygen atoms in total. The maximum absolute atomic E-state index is 4.45. The van der Waals surface area contributed by atoms with Gasteiger partial charge >= 0.3 is 0 Å². The van der Waals surface area contributed by atoms with Crippen molar-refractivity contribution in [2.45, 2.75) is 45.8 Å². The highest BCUT2D eigenvalue weighted by Gasteiger charge is 2.31. The van der Waals surface area contributed by atoms with Crippen LogP contribution in [0, 0.1) is 12.8 Å². The van der Waals surface area contributed by atoms with Crippen molar-refractivity contribution in [2.24, 2.45) is 10.9 Å². The van der Waals surface area contributed by atoms with Gasteiger partial charge in [-0.15, -0.1) is 0 Å². The number of hydrogen-bond donors (Lipinski definition) is 2. The van der Waals surface area contributed by atoms with E-state index in [1.807, 2.05) is 7.05 Å². The molecule has 3 unspecified atom stereocenters. The van der Waals surface area contributed by atoms with Crippen LogP contribution in [0.25, 0.3) is 0 Å². The maximum atomic E-state index is 4.45. The fraction of sp³-hybridized carbons (Fsp3) is 0.667. The fourth-order valence-corrected chi connectivity index (χ4v) is 3.56. The van der Waals surface area contributed by atoms with E-state index in [2.05, 4.69) is 91.5 Å². The quantitative estimate of drug-likeness (QED) is 0.605. The van der Waals surface area contributed by atoms with Crippen molar-refractivity contribution in [2.75, 3.05) is 40.8 Å². The molecule has 1 saturated heterocycles. The lowest BCUT2D eigenvalue weighted by Gasteiger charge is -2.27. The normalized spacial score (nSPS) is 22.9. The van der Waals surface area contributed by atoms with Gasteiger partial charge in [0.25, 0.3) is 0 Å². The average Bonchev–Trinajstić information content (AvgIpc) is 2.96. The topological polar surface area (TPSA) is 42.9 Å². The van der Waals surface area contributed by atoms with Crippen LogP contribution in [-0.2, 0) is 0 Å². The SMILES string of the molecule is CN=C(NCC(c1ccc(C)cc1)N(C)C)NC1CN(C(C)C)CC1C. The summed E-state index contributed by atoms with van der Waals surface area (Å²) in [6, 6.07) is 10.1. The first kappa shape index (κ1) is 20.7. The van der Waals surface area contributed by atoms with Crippen LogP contribution in [-0.4, -0.2) is 68.6 Å². The highest BCUT2D eigenvalue weighted by atomic mass is 15.3. The Morgan fingerprint density at radius 1 is 1.23 bits per heavy atom. The molecule has 0 amide bonds. The Labute approximate surface area is 159 Å². The van der Waals surface area contributed by atoms with Crippen LogP contribution in [0.4, 0.5) is 0 Å². The van der Waals surface area contributed by atoms with E-state index in [0.717, 1.165) is 25.6 Å². The molecule has 1 aliphatic heterocycles. The van der Waals surface area contributed by atoms with Crippen molar-refractivity contribution >= 4 is 5.96 Å². The molecule has 2 rings (SSSR count). The lowest BCUT2D eigenvalue weighted by atomic mass is 10.0. The molecule has 0 bridgehead atoms. The number of likely N-dealkylation sites (tertiary alicyclic amines) is 1. The summed E-state index contributed by atoms with van der Waals surface area (Å²) in [5, 5.41) is 7.17. The van der Waals surface area contributed by atoms with E-state index in [0.29, 0.717) is 24.0 Å². The first-order chi connectivity index (χ1) is 12.3. The molecule has 0 saturated carbocycles. The van der Waals surface area contributed by atoms with Gasteiger partial charge in [0.1, 0.15) is 0 Å². The third kappa shape index (κ3) is 5.45. The highest BCUT2D eigenvalue weighted by molar-refractivity contribution is 5.80. The van der Waals surface area contributed by atoms with Gasteiger partial charge in [0.15, 0.2) is 5.96 Å². The summed E-state index contributed by atoms with van der Waals surface area (Å²) in [6.45, 7) is 12.0. The van der Waals surface area contributed by atoms with Crippen molar-refractivity contribution in [1.82, 2.24) is 20.4 Å². The minimum Gasteiger partial charge on any atom is -0.354 e. The summed E-state index contributed by atoms with van der Waals surface area (Å²) in [5.74, 6) is 1.52. The van der Waals surface area contributed by atoms with Crippen molar-refractivity contribution in [3.05, 3.63) is 35.4 Å². The standard InChI is InChI=1S/C21H37N5/c1-15(2)26-13-17(4)19(14-26)24-21(22-5)23-12-20(25(6)7)18-10-8-16(3)9-11-18/h8-11,15,17,19-20H,12-14H2,1-7H3,(H2,22,23,24). The highest BCUT2D eigenvalue weighted by Crippen LogP contribution is 2.19. The number of nitrogens with one attached hydrogen (secondary N) is 2. The van der Waals surface area contributed by atoms with Crippen LogP contribution in [0.15, 0.2) is 29.3 Å². The Balaban J connectivity index is 1.95. The van der Waals surface area contributed by atoms with Gasteiger partial charge in [0, 0.05) is 38.8 Å². The summed E-state index contributed by atoms with van der Waals surface area (Å²) < 4.78 is 0. The van der Waals surface area contributed by atoms with Crippen LogP contribution < -0.4 is 10.6 Å². The van der Waals surface area contributed by atoms with Gasteiger partial charge in [-0.05, 0) is 46.3 Å². The van der Waals surface area contributed by atoms with Crippen molar-refractivity contribution in [3.8, 4) is 0 Å². The van der Waals surface area contributed by atoms with E-state index in [4.69, 9.17) is 0 Å².